The number of nitrogens with zero attached hydrogens (tertiary/aromatic N) is 1. The number of quaternary nitrogens is 2. The Labute approximate surface area is 91.6 Å². The molecule has 84 valence electrons. The van der Waals surface area contributed by atoms with Crippen LogP contribution in [0.25, 0.3) is 0 Å². The SMILES string of the molecule is C[N+](C)(C)CCOC(N)=O.[Cl-].[Cl-].[NH4+]. The first-order chi connectivity index (χ1) is 4.42. The highest BCUT2D eigenvalue weighted by Crippen LogP contribution is 1.88. The summed E-state index contributed by atoms with van der Waals surface area (Å²) in [5.74, 6) is 0. The summed E-state index contributed by atoms with van der Waals surface area (Å²) in [5.41, 5.74) is 4.75. The second-order valence-corrected chi connectivity index (χ2v) is 3.18. The van der Waals surface area contributed by atoms with E-state index in [2.05, 4.69) is 4.74 Å². The van der Waals surface area contributed by atoms with E-state index in [0.717, 1.165) is 11.0 Å². The van der Waals surface area contributed by atoms with E-state index in [1.165, 1.54) is 0 Å². The maximum atomic E-state index is 10.1. The summed E-state index contributed by atoms with van der Waals surface area (Å²) in [5, 5.41) is 0. The monoisotopic (exact) mass is 235 g/mol. The normalized spacial score (nSPS) is 8.54. The van der Waals surface area contributed by atoms with Crippen LogP contribution in [0.1, 0.15) is 0 Å². The first-order valence-electron chi connectivity index (χ1n) is 3.14. The maximum absolute atomic E-state index is 10.1. The van der Waals surface area contributed by atoms with Crippen LogP contribution in [0.3, 0.4) is 0 Å². The van der Waals surface area contributed by atoms with Crippen molar-refractivity contribution in [1.82, 2.24) is 6.15 Å². The number of hydrogen-bond donors (Lipinski definition) is 2. The van der Waals surface area contributed by atoms with E-state index in [4.69, 9.17) is 5.73 Å². The molecule has 0 rings (SSSR count). The predicted octanol–water partition coefficient (Wildman–Crippen LogP) is -5.83. The number of likely N-dealkylation sites (N-methyl/N-ethyl adjacent to an activating group) is 1. The van der Waals surface area contributed by atoms with Gasteiger partial charge in [0.05, 0.1) is 21.1 Å². The summed E-state index contributed by atoms with van der Waals surface area (Å²) >= 11 is 0. The van der Waals surface area contributed by atoms with Crippen LogP contribution in [0.5, 0.6) is 0 Å². The molecule has 0 aliphatic carbocycles. The number of amides is 1. The Kier molecular flexibility index (Phi) is 17.4. The third-order valence-corrected chi connectivity index (χ3v) is 1.01. The van der Waals surface area contributed by atoms with Crippen LogP contribution >= 0.6 is 0 Å². The van der Waals surface area contributed by atoms with Crippen LogP contribution in [-0.4, -0.2) is 44.9 Å². The molecule has 0 bridgehead atoms. The van der Waals surface area contributed by atoms with Crippen LogP contribution < -0.4 is 36.7 Å². The number of ether oxygens (including phenoxy) is 1. The van der Waals surface area contributed by atoms with Crippen molar-refractivity contribution >= 4 is 6.09 Å². The molecule has 0 aromatic rings. The molecule has 7 heteroatoms. The zero-order chi connectivity index (χ0) is 8.20. The van der Waals surface area contributed by atoms with Gasteiger partial charge in [-0.15, -0.1) is 0 Å². The molecule has 0 heterocycles. The fraction of sp³-hybridized carbons (Fsp3) is 0.833. The van der Waals surface area contributed by atoms with Crippen molar-refractivity contribution in [3.05, 3.63) is 0 Å². The summed E-state index contributed by atoms with van der Waals surface area (Å²) in [6, 6.07) is 0. The minimum Gasteiger partial charge on any atom is -1.00 e. The summed E-state index contributed by atoms with van der Waals surface area (Å²) in [6.07, 6.45) is -0.701. The molecule has 0 unspecified atom stereocenters. The van der Waals surface area contributed by atoms with Gasteiger partial charge < -0.3 is 45.9 Å². The molecule has 5 nitrogen and oxygen atoms in total. The Balaban J connectivity index is -0.000000135. The van der Waals surface area contributed by atoms with Gasteiger partial charge in [0.2, 0.25) is 0 Å². The Morgan fingerprint density at radius 3 is 1.92 bits per heavy atom. The van der Waals surface area contributed by atoms with Gasteiger partial charge in [0.25, 0.3) is 0 Å². The number of nitrogens with two attached hydrogens (primary N) is 1. The zero-order valence-electron chi connectivity index (χ0n) is 8.51. The molecule has 13 heavy (non-hydrogen) atoms. The third kappa shape index (κ3) is 24.5. The molecule has 0 radical (unpaired) electrons. The van der Waals surface area contributed by atoms with E-state index in [1.54, 1.807) is 0 Å². The molecule has 0 saturated heterocycles. The van der Waals surface area contributed by atoms with Crippen molar-refractivity contribution in [1.29, 1.82) is 0 Å². The minimum absolute atomic E-state index is 0. The lowest BCUT2D eigenvalue weighted by molar-refractivity contribution is -0.870. The first kappa shape index (κ1) is 23.0. The smallest absolute Gasteiger partial charge is 0.404 e. The zero-order valence-corrected chi connectivity index (χ0v) is 10.0. The quantitative estimate of drug-likeness (QED) is 0.478. The van der Waals surface area contributed by atoms with E-state index in [1.807, 2.05) is 21.1 Å². The first-order valence-corrected chi connectivity index (χ1v) is 3.14. The van der Waals surface area contributed by atoms with Gasteiger partial charge in [-0.25, -0.2) is 4.79 Å². The summed E-state index contributed by atoms with van der Waals surface area (Å²) in [7, 11) is 6.05. The number of halogens is 2. The fourth-order valence-corrected chi connectivity index (χ4v) is 0.420. The highest BCUT2D eigenvalue weighted by atomic mass is 35.5. The van der Waals surface area contributed by atoms with Crippen molar-refractivity contribution in [2.24, 2.45) is 5.73 Å². The molecule has 6 N–H and O–H groups in total. The average molecular weight is 236 g/mol. The van der Waals surface area contributed by atoms with Gasteiger partial charge in [-0.2, -0.15) is 0 Å². The molecule has 0 aliphatic rings. The predicted molar refractivity (Wildman–Crippen MR) is 44.4 cm³/mol. The van der Waals surface area contributed by atoms with Crippen molar-refractivity contribution < 1.29 is 38.8 Å². The Bertz CT molecular complexity index is 128. The highest BCUT2D eigenvalue weighted by molar-refractivity contribution is 5.64. The largest absolute Gasteiger partial charge is 1.00 e. The van der Waals surface area contributed by atoms with Gasteiger partial charge in [-0.3, -0.25) is 0 Å². The summed E-state index contributed by atoms with van der Waals surface area (Å²) in [4.78, 5) is 10.1. The number of primary amides is 1. The van der Waals surface area contributed by atoms with E-state index in [9.17, 15) is 4.79 Å². The summed E-state index contributed by atoms with van der Waals surface area (Å²) in [6.45, 7) is 1.17. The van der Waals surface area contributed by atoms with E-state index in [0.29, 0.717) is 6.61 Å². The van der Waals surface area contributed by atoms with Crippen LogP contribution in [-0.2, 0) is 4.74 Å². The van der Waals surface area contributed by atoms with Gasteiger partial charge in [0.1, 0.15) is 13.2 Å². The summed E-state index contributed by atoms with van der Waals surface area (Å²) < 4.78 is 5.31. The van der Waals surface area contributed by atoms with Crippen molar-refractivity contribution in [2.45, 2.75) is 0 Å². The number of carbonyl (C=O) groups excluding carboxylic acids is 1. The molecule has 0 fully saturated rings. The molecule has 0 aromatic heterocycles. The average Bonchev–Trinajstić information content (AvgIpc) is 1.59. The lowest BCUT2D eigenvalue weighted by Gasteiger charge is -2.22. The Morgan fingerprint density at radius 2 is 1.69 bits per heavy atom. The van der Waals surface area contributed by atoms with Crippen molar-refractivity contribution in [2.75, 3.05) is 34.3 Å². The molecule has 0 atom stereocenters. The van der Waals surface area contributed by atoms with E-state index in [-0.39, 0.29) is 31.0 Å². The molecule has 0 saturated carbocycles. The van der Waals surface area contributed by atoms with Gasteiger partial charge >= 0.3 is 6.09 Å². The lowest BCUT2D eigenvalue weighted by Crippen LogP contribution is -3.00. The van der Waals surface area contributed by atoms with Gasteiger partial charge in [-0.1, -0.05) is 0 Å². The standard InChI is InChI=1S/C6H14N2O2.2ClH.H3N/c1-8(2,3)4-5-10-6(7)9;;;/h4-5H2,1-3H3,(H-,7,9);2*1H;1H3. The molecule has 0 spiro atoms. The Hall–Kier alpha value is -0.230. The molecule has 0 aliphatic heterocycles. The highest BCUT2D eigenvalue weighted by Gasteiger charge is 2.06. The molecule has 0 aromatic carbocycles. The molecular formula is C6H19Cl2N3O2. The number of rotatable bonds is 3. The topological polar surface area (TPSA) is 88.8 Å². The molecule has 1 amide bonds. The number of carbonyl (C=O) groups is 1. The van der Waals surface area contributed by atoms with E-state index < -0.39 is 6.09 Å². The number of hydrogen-bond acceptors (Lipinski definition) is 2. The van der Waals surface area contributed by atoms with Crippen LogP contribution in [0.2, 0.25) is 0 Å². The third-order valence-electron chi connectivity index (χ3n) is 1.01. The van der Waals surface area contributed by atoms with Crippen LogP contribution in [0.15, 0.2) is 0 Å². The van der Waals surface area contributed by atoms with Crippen molar-refractivity contribution in [3.8, 4) is 0 Å². The van der Waals surface area contributed by atoms with Crippen LogP contribution in [0, 0.1) is 0 Å². The van der Waals surface area contributed by atoms with E-state index >= 15 is 0 Å². The van der Waals surface area contributed by atoms with Gasteiger partial charge in [0.15, 0.2) is 0 Å². The second-order valence-electron chi connectivity index (χ2n) is 3.18. The minimum atomic E-state index is -0.701. The Morgan fingerprint density at radius 1 is 1.31 bits per heavy atom. The van der Waals surface area contributed by atoms with Gasteiger partial charge in [-0.05, 0) is 0 Å². The van der Waals surface area contributed by atoms with Crippen molar-refractivity contribution in [3.63, 3.8) is 0 Å². The molecular weight excluding hydrogens is 217 g/mol. The second kappa shape index (κ2) is 9.85. The van der Waals surface area contributed by atoms with Crippen LogP contribution in [0.4, 0.5) is 4.79 Å². The lowest BCUT2D eigenvalue weighted by atomic mass is 10.5. The van der Waals surface area contributed by atoms with Gasteiger partial charge in [0, 0.05) is 0 Å². The maximum Gasteiger partial charge on any atom is 0.404 e. The fourth-order valence-electron chi connectivity index (χ4n) is 0.420.